The molecule has 2 heterocycles. The standard InChI is InChI=1S/C9H15N5O2S/c1-16-6-9(2-4-10-5-3-9)7(15)11-8-12-13-14-17-8/h10H,2-6H2,1H3,(H,11,12,14,15). The molecular weight excluding hydrogens is 242 g/mol. The Hall–Kier alpha value is -1.12. The van der Waals surface area contributed by atoms with Crippen molar-refractivity contribution in [3.63, 3.8) is 0 Å². The Morgan fingerprint density at radius 1 is 1.59 bits per heavy atom. The van der Waals surface area contributed by atoms with Gasteiger partial charge in [-0.3, -0.25) is 10.1 Å². The molecule has 0 radical (unpaired) electrons. The van der Waals surface area contributed by atoms with Crippen molar-refractivity contribution in [2.45, 2.75) is 12.8 Å². The average molecular weight is 257 g/mol. The van der Waals surface area contributed by atoms with Crippen molar-refractivity contribution in [3.05, 3.63) is 0 Å². The van der Waals surface area contributed by atoms with Crippen molar-refractivity contribution < 1.29 is 9.53 Å². The minimum absolute atomic E-state index is 0.0561. The van der Waals surface area contributed by atoms with Gasteiger partial charge in [-0.25, -0.2) is 0 Å². The van der Waals surface area contributed by atoms with E-state index in [1.165, 1.54) is 0 Å². The minimum Gasteiger partial charge on any atom is -0.384 e. The van der Waals surface area contributed by atoms with Gasteiger partial charge < -0.3 is 10.1 Å². The van der Waals surface area contributed by atoms with Crippen molar-refractivity contribution in [2.24, 2.45) is 5.41 Å². The monoisotopic (exact) mass is 257 g/mol. The van der Waals surface area contributed by atoms with E-state index in [-0.39, 0.29) is 5.91 Å². The maximum atomic E-state index is 12.3. The number of hydrogen-bond donors (Lipinski definition) is 2. The lowest BCUT2D eigenvalue weighted by molar-refractivity contribution is -0.130. The fraction of sp³-hybridized carbons (Fsp3) is 0.778. The number of nitrogens with zero attached hydrogens (tertiary/aromatic N) is 3. The lowest BCUT2D eigenvalue weighted by Gasteiger charge is -2.35. The van der Waals surface area contributed by atoms with Crippen LogP contribution < -0.4 is 10.6 Å². The van der Waals surface area contributed by atoms with E-state index in [9.17, 15) is 4.79 Å². The second kappa shape index (κ2) is 5.48. The summed E-state index contributed by atoms with van der Waals surface area (Å²) in [6.45, 7) is 2.07. The molecule has 1 amide bonds. The minimum atomic E-state index is -0.467. The van der Waals surface area contributed by atoms with Gasteiger partial charge in [-0.05, 0) is 31.1 Å². The average Bonchev–Trinajstić information content (AvgIpc) is 2.83. The quantitative estimate of drug-likeness (QED) is 0.782. The Labute approximate surface area is 103 Å². The number of hydrogen-bond acceptors (Lipinski definition) is 7. The Morgan fingerprint density at radius 2 is 2.35 bits per heavy atom. The highest BCUT2D eigenvalue weighted by Crippen LogP contribution is 2.30. The van der Waals surface area contributed by atoms with Crippen molar-refractivity contribution in [1.29, 1.82) is 0 Å². The summed E-state index contributed by atoms with van der Waals surface area (Å²) in [6.07, 6.45) is 1.53. The van der Waals surface area contributed by atoms with Gasteiger partial charge in [0, 0.05) is 18.6 Å². The van der Waals surface area contributed by atoms with Gasteiger partial charge in [-0.2, -0.15) is 0 Å². The fourth-order valence-electron chi connectivity index (χ4n) is 2.03. The third-order valence-corrected chi connectivity index (χ3v) is 3.49. The molecule has 1 aliphatic rings. The lowest BCUT2D eigenvalue weighted by atomic mass is 9.79. The second-order valence-electron chi connectivity index (χ2n) is 4.08. The van der Waals surface area contributed by atoms with Gasteiger partial charge in [0.05, 0.1) is 12.0 Å². The smallest absolute Gasteiger partial charge is 0.234 e. The van der Waals surface area contributed by atoms with Gasteiger partial charge in [0.2, 0.25) is 11.0 Å². The highest BCUT2D eigenvalue weighted by atomic mass is 32.1. The van der Waals surface area contributed by atoms with E-state index in [0.717, 1.165) is 37.5 Å². The summed E-state index contributed by atoms with van der Waals surface area (Å²) in [5, 5.41) is 13.6. The van der Waals surface area contributed by atoms with Crippen LogP contribution >= 0.6 is 11.5 Å². The van der Waals surface area contributed by atoms with Gasteiger partial charge in [0.25, 0.3) is 0 Å². The van der Waals surface area contributed by atoms with Crippen LogP contribution in [-0.2, 0) is 9.53 Å². The first-order chi connectivity index (χ1) is 8.27. The van der Waals surface area contributed by atoms with Crippen LogP contribution in [-0.4, -0.2) is 47.5 Å². The predicted molar refractivity (Wildman–Crippen MR) is 62.7 cm³/mol. The van der Waals surface area contributed by atoms with Crippen LogP contribution in [0, 0.1) is 5.41 Å². The highest BCUT2D eigenvalue weighted by Gasteiger charge is 2.40. The molecule has 0 bridgehead atoms. The number of carbonyl (C=O) groups excluding carboxylic acids is 1. The Bertz CT molecular complexity index is 358. The van der Waals surface area contributed by atoms with Gasteiger partial charge in [-0.1, -0.05) is 9.59 Å². The molecule has 1 aromatic heterocycles. The SMILES string of the molecule is COCC1(C(=O)Nc2nnns2)CCNCC1. The van der Waals surface area contributed by atoms with Crippen molar-refractivity contribution in [1.82, 2.24) is 20.1 Å². The van der Waals surface area contributed by atoms with E-state index in [4.69, 9.17) is 4.74 Å². The molecule has 1 aliphatic heterocycles. The zero-order chi connectivity index (χ0) is 12.1. The van der Waals surface area contributed by atoms with Crippen molar-refractivity contribution in [2.75, 3.05) is 32.1 Å². The zero-order valence-electron chi connectivity index (χ0n) is 9.60. The molecule has 0 spiro atoms. The number of piperidine rings is 1. The number of carbonyl (C=O) groups is 1. The van der Waals surface area contributed by atoms with Gasteiger partial charge in [0.15, 0.2) is 0 Å². The third kappa shape index (κ3) is 2.76. The molecule has 0 aliphatic carbocycles. The molecule has 0 aromatic carbocycles. The normalized spacial score (nSPS) is 18.9. The highest BCUT2D eigenvalue weighted by molar-refractivity contribution is 7.09. The van der Waals surface area contributed by atoms with Crippen LogP contribution in [0.25, 0.3) is 0 Å². The van der Waals surface area contributed by atoms with Crippen molar-refractivity contribution in [3.8, 4) is 0 Å². The number of methoxy groups -OCH3 is 1. The zero-order valence-corrected chi connectivity index (χ0v) is 10.4. The summed E-state index contributed by atoms with van der Waals surface area (Å²) in [6, 6.07) is 0. The summed E-state index contributed by atoms with van der Waals surface area (Å²) in [4.78, 5) is 12.3. The molecule has 1 fully saturated rings. The number of ether oxygens (including phenoxy) is 1. The van der Waals surface area contributed by atoms with Gasteiger partial charge in [0.1, 0.15) is 0 Å². The molecule has 8 heteroatoms. The summed E-state index contributed by atoms with van der Waals surface area (Å²) in [5.41, 5.74) is -0.467. The van der Waals surface area contributed by atoms with E-state index in [0.29, 0.717) is 11.7 Å². The van der Waals surface area contributed by atoms with E-state index in [1.54, 1.807) is 7.11 Å². The van der Waals surface area contributed by atoms with E-state index < -0.39 is 5.41 Å². The summed E-state index contributed by atoms with van der Waals surface area (Å²) >= 11 is 1.07. The maximum Gasteiger partial charge on any atom is 0.234 e. The molecule has 0 saturated carbocycles. The van der Waals surface area contributed by atoms with Crippen LogP contribution in [0.5, 0.6) is 0 Å². The Kier molecular flexibility index (Phi) is 3.97. The maximum absolute atomic E-state index is 12.3. The molecule has 94 valence electrons. The van der Waals surface area contributed by atoms with Crippen molar-refractivity contribution >= 4 is 22.6 Å². The van der Waals surface area contributed by atoms with Crippen LogP contribution in [0.15, 0.2) is 0 Å². The largest absolute Gasteiger partial charge is 0.384 e. The summed E-state index contributed by atoms with van der Waals surface area (Å²) < 4.78 is 8.80. The lowest BCUT2D eigenvalue weighted by Crippen LogP contribution is -2.47. The molecule has 17 heavy (non-hydrogen) atoms. The summed E-state index contributed by atoms with van der Waals surface area (Å²) in [7, 11) is 1.61. The number of rotatable bonds is 4. The number of nitrogens with one attached hydrogen (secondary N) is 2. The van der Waals surface area contributed by atoms with Gasteiger partial charge >= 0.3 is 0 Å². The topological polar surface area (TPSA) is 89.0 Å². The number of anilines is 1. The molecular formula is C9H15N5O2S. The Balaban J connectivity index is 2.06. The van der Waals surface area contributed by atoms with Crippen LogP contribution in [0.4, 0.5) is 5.13 Å². The fourth-order valence-corrected chi connectivity index (χ4v) is 2.39. The van der Waals surface area contributed by atoms with E-state index in [2.05, 4.69) is 25.4 Å². The molecule has 7 nitrogen and oxygen atoms in total. The molecule has 2 N–H and O–H groups in total. The Morgan fingerprint density at radius 3 is 2.94 bits per heavy atom. The van der Waals surface area contributed by atoms with E-state index in [1.807, 2.05) is 0 Å². The first kappa shape index (κ1) is 12.3. The third-order valence-electron chi connectivity index (χ3n) is 2.98. The van der Waals surface area contributed by atoms with Crippen LogP contribution in [0.3, 0.4) is 0 Å². The summed E-state index contributed by atoms with van der Waals surface area (Å²) in [5.74, 6) is -0.0561. The molecule has 0 unspecified atom stereocenters. The van der Waals surface area contributed by atoms with E-state index >= 15 is 0 Å². The first-order valence-corrected chi connectivity index (χ1v) is 6.20. The van der Waals surface area contributed by atoms with Crippen LogP contribution in [0.1, 0.15) is 12.8 Å². The number of amides is 1. The molecule has 1 saturated heterocycles. The first-order valence-electron chi connectivity index (χ1n) is 5.43. The predicted octanol–water partition coefficient (Wildman–Crippen LogP) is -0.112. The van der Waals surface area contributed by atoms with Gasteiger partial charge in [-0.15, -0.1) is 0 Å². The molecule has 2 rings (SSSR count). The second-order valence-corrected chi connectivity index (χ2v) is 4.82. The van der Waals surface area contributed by atoms with Crippen LogP contribution in [0.2, 0.25) is 0 Å². The molecule has 1 aromatic rings. The number of aromatic nitrogens is 3. The molecule has 0 atom stereocenters.